The highest BCUT2D eigenvalue weighted by atomic mass is 127. The molecule has 1 saturated heterocycles. The molecule has 0 amide bonds. The fourth-order valence-electron chi connectivity index (χ4n) is 3.69. The van der Waals surface area contributed by atoms with Crippen LogP contribution in [0.1, 0.15) is 22.3 Å². The molecule has 2 aromatic rings. The van der Waals surface area contributed by atoms with E-state index >= 15 is 0 Å². The van der Waals surface area contributed by atoms with Gasteiger partial charge in [-0.15, -0.1) is 24.0 Å². The molecular formula is C23H35IN6. The summed E-state index contributed by atoms with van der Waals surface area (Å²) in [6.45, 7) is 10.1. The van der Waals surface area contributed by atoms with Crippen LogP contribution in [0.5, 0.6) is 0 Å². The molecular weight excluding hydrogens is 487 g/mol. The van der Waals surface area contributed by atoms with E-state index in [4.69, 9.17) is 0 Å². The monoisotopic (exact) mass is 522 g/mol. The first-order valence-electron chi connectivity index (χ1n) is 10.4. The van der Waals surface area contributed by atoms with Gasteiger partial charge in [0.2, 0.25) is 0 Å². The second-order valence-corrected chi connectivity index (χ2v) is 7.91. The molecule has 1 fully saturated rings. The second kappa shape index (κ2) is 12.1. The fraction of sp³-hybridized carbons (Fsp3) is 0.478. The van der Waals surface area contributed by atoms with Crippen molar-refractivity contribution in [1.29, 1.82) is 0 Å². The molecule has 7 heteroatoms. The van der Waals surface area contributed by atoms with Crippen molar-refractivity contribution in [3.8, 4) is 0 Å². The van der Waals surface area contributed by atoms with Gasteiger partial charge in [0, 0.05) is 52.5 Å². The summed E-state index contributed by atoms with van der Waals surface area (Å²) >= 11 is 0. The molecule has 30 heavy (non-hydrogen) atoms. The number of aliphatic imine (C=N–C) groups is 1. The standard InChI is InChI=1S/C23H34N6.HI/c1-18-13-19(2)15-20(14-18)7-8-25-23(24-3)27-17-21-5-6-22(26-16-21)29-11-9-28(4)10-12-29;/h5-6,13-16H,7-12,17H2,1-4H3,(H2,24,25,27);1H. The largest absolute Gasteiger partial charge is 0.356 e. The Hall–Kier alpha value is -1.87. The van der Waals surface area contributed by atoms with Crippen LogP contribution in [0.3, 0.4) is 0 Å². The molecule has 0 aliphatic carbocycles. The molecule has 164 valence electrons. The molecule has 1 aliphatic heterocycles. The number of halogens is 1. The number of nitrogens with zero attached hydrogens (tertiary/aromatic N) is 4. The molecule has 0 unspecified atom stereocenters. The third-order valence-corrected chi connectivity index (χ3v) is 5.31. The minimum Gasteiger partial charge on any atom is -0.356 e. The van der Waals surface area contributed by atoms with Gasteiger partial charge in [-0.05, 0) is 44.5 Å². The normalized spacial score (nSPS) is 14.9. The third kappa shape index (κ3) is 7.43. The SMILES string of the molecule is CN=C(NCCc1cc(C)cc(C)c1)NCc1ccc(N2CCN(C)CC2)nc1.I. The number of aromatic nitrogens is 1. The molecule has 0 saturated carbocycles. The van der Waals surface area contributed by atoms with Crippen molar-refractivity contribution in [2.75, 3.05) is 51.7 Å². The van der Waals surface area contributed by atoms with Gasteiger partial charge in [0.1, 0.15) is 5.82 Å². The maximum Gasteiger partial charge on any atom is 0.191 e. The van der Waals surface area contributed by atoms with Crippen molar-refractivity contribution in [3.63, 3.8) is 0 Å². The van der Waals surface area contributed by atoms with E-state index in [1.807, 2.05) is 6.20 Å². The maximum absolute atomic E-state index is 4.66. The van der Waals surface area contributed by atoms with Crippen molar-refractivity contribution in [2.45, 2.75) is 26.8 Å². The van der Waals surface area contributed by atoms with E-state index in [0.29, 0.717) is 6.54 Å². The Kier molecular flexibility index (Phi) is 9.84. The molecule has 0 radical (unpaired) electrons. The van der Waals surface area contributed by atoms with E-state index < -0.39 is 0 Å². The number of aryl methyl sites for hydroxylation is 2. The second-order valence-electron chi connectivity index (χ2n) is 7.91. The number of benzene rings is 1. The maximum atomic E-state index is 4.66. The number of pyridine rings is 1. The molecule has 1 aromatic heterocycles. The summed E-state index contributed by atoms with van der Waals surface area (Å²) in [6, 6.07) is 11.0. The van der Waals surface area contributed by atoms with Crippen molar-refractivity contribution in [1.82, 2.24) is 20.5 Å². The lowest BCUT2D eigenvalue weighted by Gasteiger charge is -2.33. The van der Waals surface area contributed by atoms with Crippen LogP contribution in [0.2, 0.25) is 0 Å². The summed E-state index contributed by atoms with van der Waals surface area (Å²) in [4.78, 5) is 13.7. The average molecular weight is 522 g/mol. The van der Waals surface area contributed by atoms with Gasteiger partial charge in [-0.3, -0.25) is 4.99 Å². The van der Waals surface area contributed by atoms with E-state index in [-0.39, 0.29) is 24.0 Å². The molecule has 3 rings (SSSR count). The Bertz CT molecular complexity index is 793. The summed E-state index contributed by atoms with van der Waals surface area (Å²) in [5, 5.41) is 6.78. The first-order chi connectivity index (χ1) is 14.0. The van der Waals surface area contributed by atoms with Gasteiger partial charge in [0.05, 0.1) is 0 Å². The Balaban J connectivity index is 0.00000320. The van der Waals surface area contributed by atoms with Crippen LogP contribution < -0.4 is 15.5 Å². The molecule has 0 atom stereocenters. The number of piperazine rings is 1. The Morgan fingerprint density at radius 2 is 1.70 bits per heavy atom. The van der Waals surface area contributed by atoms with E-state index in [1.165, 1.54) is 16.7 Å². The number of guanidine groups is 1. The lowest BCUT2D eigenvalue weighted by atomic mass is 10.1. The van der Waals surface area contributed by atoms with Gasteiger partial charge < -0.3 is 20.4 Å². The van der Waals surface area contributed by atoms with Crippen molar-refractivity contribution in [3.05, 3.63) is 58.8 Å². The summed E-state index contributed by atoms with van der Waals surface area (Å²) in [6.07, 6.45) is 2.94. The Labute approximate surface area is 198 Å². The highest BCUT2D eigenvalue weighted by molar-refractivity contribution is 14.0. The zero-order chi connectivity index (χ0) is 20.6. The van der Waals surface area contributed by atoms with E-state index in [2.05, 4.69) is 81.6 Å². The first-order valence-corrected chi connectivity index (χ1v) is 10.4. The Morgan fingerprint density at radius 3 is 2.30 bits per heavy atom. The first kappa shape index (κ1) is 24.4. The van der Waals surface area contributed by atoms with Crippen molar-refractivity contribution >= 4 is 35.8 Å². The number of nitrogens with one attached hydrogen (secondary N) is 2. The van der Waals surface area contributed by atoms with Gasteiger partial charge in [0.25, 0.3) is 0 Å². The predicted molar refractivity (Wildman–Crippen MR) is 137 cm³/mol. The summed E-state index contributed by atoms with van der Waals surface area (Å²) in [5.74, 6) is 1.88. The van der Waals surface area contributed by atoms with Crippen LogP contribution in [0.15, 0.2) is 41.5 Å². The number of hydrogen-bond donors (Lipinski definition) is 2. The van der Waals surface area contributed by atoms with Gasteiger partial charge in [0.15, 0.2) is 5.96 Å². The van der Waals surface area contributed by atoms with E-state index in [1.54, 1.807) is 7.05 Å². The van der Waals surface area contributed by atoms with Crippen LogP contribution in [-0.2, 0) is 13.0 Å². The third-order valence-electron chi connectivity index (χ3n) is 5.31. The van der Waals surface area contributed by atoms with Gasteiger partial charge in [-0.25, -0.2) is 4.98 Å². The summed E-state index contributed by atoms with van der Waals surface area (Å²) < 4.78 is 0. The number of anilines is 1. The van der Waals surface area contributed by atoms with Gasteiger partial charge in [-0.2, -0.15) is 0 Å². The summed E-state index contributed by atoms with van der Waals surface area (Å²) in [7, 11) is 3.98. The van der Waals surface area contributed by atoms with E-state index in [9.17, 15) is 0 Å². The van der Waals surface area contributed by atoms with Crippen molar-refractivity contribution < 1.29 is 0 Å². The fourth-order valence-corrected chi connectivity index (χ4v) is 3.69. The molecule has 0 bridgehead atoms. The van der Waals surface area contributed by atoms with Crippen LogP contribution in [0.4, 0.5) is 5.82 Å². The van der Waals surface area contributed by atoms with Gasteiger partial charge in [-0.1, -0.05) is 35.4 Å². The molecule has 2 N–H and O–H groups in total. The van der Waals surface area contributed by atoms with E-state index in [0.717, 1.165) is 56.5 Å². The number of hydrogen-bond acceptors (Lipinski definition) is 4. The van der Waals surface area contributed by atoms with Crippen LogP contribution in [0, 0.1) is 13.8 Å². The number of rotatable bonds is 6. The lowest BCUT2D eigenvalue weighted by Crippen LogP contribution is -2.44. The van der Waals surface area contributed by atoms with Crippen molar-refractivity contribution in [2.24, 2.45) is 4.99 Å². The minimum absolute atomic E-state index is 0. The highest BCUT2D eigenvalue weighted by Gasteiger charge is 2.14. The zero-order valence-electron chi connectivity index (χ0n) is 18.6. The van der Waals surface area contributed by atoms with Crippen LogP contribution >= 0.6 is 24.0 Å². The molecule has 0 spiro atoms. The molecule has 2 heterocycles. The van der Waals surface area contributed by atoms with Crippen LogP contribution in [0.25, 0.3) is 0 Å². The smallest absolute Gasteiger partial charge is 0.191 e. The lowest BCUT2D eigenvalue weighted by molar-refractivity contribution is 0.312. The van der Waals surface area contributed by atoms with Crippen LogP contribution in [-0.4, -0.2) is 62.7 Å². The molecule has 6 nitrogen and oxygen atoms in total. The summed E-state index contributed by atoms with van der Waals surface area (Å²) in [5.41, 5.74) is 5.14. The quantitative estimate of drug-likeness (QED) is 0.347. The highest BCUT2D eigenvalue weighted by Crippen LogP contribution is 2.13. The predicted octanol–water partition coefficient (Wildman–Crippen LogP) is 2.98. The molecule has 1 aromatic carbocycles. The Morgan fingerprint density at radius 1 is 1.00 bits per heavy atom. The zero-order valence-corrected chi connectivity index (χ0v) is 20.9. The average Bonchev–Trinajstić information content (AvgIpc) is 2.71. The topological polar surface area (TPSA) is 55.8 Å². The molecule has 1 aliphatic rings. The number of likely N-dealkylation sites (N-methyl/N-ethyl adjacent to an activating group) is 1. The minimum atomic E-state index is 0. The van der Waals surface area contributed by atoms with Gasteiger partial charge >= 0.3 is 0 Å².